The van der Waals surface area contributed by atoms with E-state index in [2.05, 4.69) is 175 Å². The number of fused-ring (bicyclic) bond motifs is 14. The van der Waals surface area contributed by atoms with Crippen molar-refractivity contribution in [3.63, 3.8) is 0 Å². The Kier molecular flexibility index (Phi) is 6.36. The van der Waals surface area contributed by atoms with Crippen LogP contribution in [0.4, 0.5) is 5.69 Å². The summed E-state index contributed by atoms with van der Waals surface area (Å²) < 4.78 is 15.4. The van der Waals surface area contributed by atoms with Crippen LogP contribution in [0.15, 0.2) is 173 Å². The maximum atomic E-state index is 6.78. The van der Waals surface area contributed by atoms with Crippen LogP contribution in [-0.4, -0.2) is 4.57 Å². The number of para-hydroxylation sites is 3. The lowest BCUT2D eigenvalue weighted by molar-refractivity contribution is 0.416. The zero-order chi connectivity index (χ0) is 38.3. The summed E-state index contributed by atoms with van der Waals surface area (Å²) in [5, 5.41) is 14.8. The van der Waals surface area contributed by atoms with Gasteiger partial charge in [-0.15, -0.1) is 0 Å². The first-order valence-electron chi connectivity index (χ1n) is 20.1. The molecule has 8 aromatic carbocycles. The molecule has 2 aliphatic rings. The normalized spacial score (nSPS) is 17.0. The van der Waals surface area contributed by atoms with Gasteiger partial charge in [-0.25, -0.2) is 0 Å². The first-order valence-corrected chi connectivity index (χ1v) is 20.1. The number of nitrogens with one attached hydrogen (secondary N) is 2. The van der Waals surface area contributed by atoms with E-state index < -0.39 is 0 Å². The number of furan rings is 2. The maximum Gasteiger partial charge on any atom is 0.160 e. The van der Waals surface area contributed by atoms with Gasteiger partial charge in [0.25, 0.3) is 0 Å². The van der Waals surface area contributed by atoms with E-state index in [9.17, 15) is 0 Å². The predicted molar refractivity (Wildman–Crippen MR) is 238 cm³/mol. The van der Waals surface area contributed by atoms with Gasteiger partial charge in [0.2, 0.25) is 0 Å². The summed E-state index contributed by atoms with van der Waals surface area (Å²) in [6, 6.07) is 59.2. The maximum absolute atomic E-state index is 6.78. The molecular weight excluding hydrogens is 711 g/mol. The molecule has 0 saturated carbocycles. The fraction of sp³-hybridized carbons (Fsp3) is 0.0943. The zero-order valence-electron chi connectivity index (χ0n) is 32.0. The molecule has 1 aliphatic carbocycles. The number of benzene rings is 8. The molecule has 0 radical (unpaired) electrons. The summed E-state index contributed by atoms with van der Waals surface area (Å²) in [5.74, 6) is 0. The van der Waals surface area contributed by atoms with E-state index in [1.54, 1.807) is 0 Å². The molecule has 0 fully saturated rings. The number of anilines is 1. The molecule has 0 bridgehead atoms. The average molecular weight is 748 g/mol. The molecule has 1 aliphatic heterocycles. The van der Waals surface area contributed by atoms with Crippen LogP contribution >= 0.6 is 0 Å². The molecule has 5 heteroatoms. The molecular formula is C53H37N3O2. The number of rotatable bonds is 3. The summed E-state index contributed by atoms with van der Waals surface area (Å²) in [6.07, 6.45) is -0.264. The summed E-state index contributed by atoms with van der Waals surface area (Å²) in [4.78, 5) is 0. The third kappa shape index (κ3) is 4.34. The van der Waals surface area contributed by atoms with E-state index in [1.807, 2.05) is 18.2 Å². The molecule has 2 atom stereocenters. The Hall–Kier alpha value is -7.08. The number of aromatic nitrogens is 1. The molecule has 0 saturated heterocycles. The summed E-state index contributed by atoms with van der Waals surface area (Å²) in [5.41, 5.74) is 17.0. The standard InChI is InChI=1S/C53H37N3O2/c1-53(2)41-15-7-3-11-33(41)34-22-19-32(29-42(34)53)50-38-14-4-8-16-43(38)54-52(55-50)56-44-24-20-30(31-21-26-48-39(27-31)36-13-6-9-17-46(36)57-48)28-40(44)49-45(56)25-23-37-35-12-5-10-18-47(35)58-51(37)49/h3-29,50,52,54-55H,1-2H3. The van der Waals surface area contributed by atoms with Gasteiger partial charge >= 0.3 is 0 Å². The Balaban J connectivity index is 1.01. The summed E-state index contributed by atoms with van der Waals surface area (Å²) >= 11 is 0. The predicted octanol–water partition coefficient (Wildman–Crippen LogP) is 13.8. The van der Waals surface area contributed by atoms with Crippen molar-refractivity contribution >= 4 is 71.4 Å². The Bertz CT molecular complexity index is 3530. The third-order valence-corrected chi connectivity index (χ3v) is 13.1. The van der Waals surface area contributed by atoms with Gasteiger partial charge in [0.1, 0.15) is 22.3 Å². The van der Waals surface area contributed by atoms with Gasteiger partial charge in [0.15, 0.2) is 6.29 Å². The minimum Gasteiger partial charge on any atom is -0.456 e. The molecule has 3 aromatic heterocycles. The number of hydrogen-bond donors (Lipinski definition) is 2. The molecule has 11 aromatic rings. The second kappa shape index (κ2) is 11.5. The van der Waals surface area contributed by atoms with Crippen LogP contribution in [0.1, 0.15) is 48.4 Å². The Labute approximate surface area is 334 Å². The van der Waals surface area contributed by atoms with Crippen molar-refractivity contribution < 1.29 is 8.83 Å². The van der Waals surface area contributed by atoms with Crippen LogP contribution in [0, 0.1) is 0 Å². The van der Waals surface area contributed by atoms with E-state index in [1.165, 1.54) is 33.4 Å². The quantitative estimate of drug-likeness (QED) is 0.189. The monoisotopic (exact) mass is 747 g/mol. The minimum atomic E-state index is -0.264. The highest BCUT2D eigenvalue weighted by atomic mass is 16.3. The van der Waals surface area contributed by atoms with Crippen LogP contribution in [0.5, 0.6) is 0 Å². The molecule has 0 spiro atoms. The van der Waals surface area contributed by atoms with Crippen LogP contribution in [0.3, 0.4) is 0 Å². The van der Waals surface area contributed by atoms with Gasteiger partial charge < -0.3 is 18.7 Å². The van der Waals surface area contributed by atoms with Crippen molar-refractivity contribution in [2.45, 2.75) is 31.6 Å². The van der Waals surface area contributed by atoms with Crippen LogP contribution in [0.25, 0.3) is 87.9 Å². The van der Waals surface area contributed by atoms with E-state index in [4.69, 9.17) is 8.83 Å². The molecule has 4 heterocycles. The van der Waals surface area contributed by atoms with Crippen LogP contribution in [-0.2, 0) is 5.41 Å². The topological polar surface area (TPSA) is 55.3 Å². The first-order chi connectivity index (χ1) is 28.5. The second-order valence-corrected chi connectivity index (χ2v) is 16.6. The van der Waals surface area contributed by atoms with Gasteiger partial charge in [-0.1, -0.05) is 123 Å². The van der Waals surface area contributed by atoms with E-state index in [0.29, 0.717) is 0 Å². The smallest absolute Gasteiger partial charge is 0.160 e. The van der Waals surface area contributed by atoms with Crippen molar-refractivity contribution in [3.8, 4) is 22.3 Å². The van der Waals surface area contributed by atoms with E-state index >= 15 is 0 Å². The first kappa shape index (κ1) is 32.1. The SMILES string of the molecule is CC1(C)c2ccccc2-c2ccc(C3NC(n4c5ccc(-c6ccc7oc8ccccc8c7c6)cc5c5c6oc7ccccc7c6ccc54)Nc4ccccc43)cc21. The Morgan fingerprint density at radius 2 is 1.19 bits per heavy atom. The molecule has 2 unspecified atom stereocenters. The molecule has 2 N–H and O–H groups in total. The average Bonchev–Trinajstić information content (AvgIpc) is 3.99. The molecule has 5 nitrogen and oxygen atoms in total. The highest BCUT2D eigenvalue weighted by Crippen LogP contribution is 2.50. The fourth-order valence-electron chi connectivity index (χ4n) is 10.3. The number of nitrogens with zero attached hydrogens (tertiary/aromatic N) is 1. The van der Waals surface area contributed by atoms with Crippen LogP contribution < -0.4 is 10.6 Å². The molecule has 0 amide bonds. The lowest BCUT2D eigenvalue weighted by atomic mass is 9.81. The van der Waals surface area contributed by atoms with E-state index in [0.717, 1.165) is 82.5 Å². The minimum absolute atomic E-state index is 0.0505. The number of hydrogen-bond acceptors (Lipinski definition) is 4. The third-order valence-electron chi connectivity index (χ3n) is 13.1. The lowest BCUT2D eigenvalue weighted by Crippen LogP contribution is -2.40. The lowest BCUT2D eigenvalue weighted by Gasteiger charge is -2.37. The van der Waals surface area contributed by atoms with E-state index in [-0.39, 0.29) is 17.7 Å². The molecule has 13 rings (SSSR count). The zero-order valence-corrected chi connectivity index (χ0v) is 32.0. The van der Waals surface area contributed by atoms with Gasteiger partial charge in [-0.05, 0) is 99.1 Å². The van der Waals surface area contributed by atoms with Crippen molar-refractivity contribution in [2.75, 3.05) is 5.32 Å². The second-order valence-electron chi connectivity index (χ2n) is 16.6. The van der Waals surface area contributed by atoms with Crippen molar-refractivity contribution in [1.82, 2.24) is 9.88 Å². The van der Waals surface area contributed by atoms with Crippen molar-refractivity contribution in [3.05, 3.63) is 186 Å². The van der Waals surface area contributed by atoms with Crippen molar-refractivity contribution in [1.29, 1.82) is 0 Å². The highest BCUT2D eigenvalue weighted by Gasteiger charge is 2.37. The summed E-state index contributed by atoms with van der Waals surface area (Å²) in [6.45, 7) is 4.71. The summed E-state index contributed by atoms with van der Waals surface area (Å²) in [7, 11) is 0. The van der Waals surface area contributed by atoms with Gasteiger partial charge in [0, 0.05) is 38.0 Å². The van der Waals surface area contributed by atoms with Gasteiger partial charge in [-0.3, -0.25) is 5.32 Å². The fourth-order valence-corrected chi connectivity index (χ4v) is 10.3. The van der Waals surface area contributed by atoms with Crippen molar-refractivity contribution in [2.24, 2.45) is 0 Å². The van der Waals surface area contributed by atoms with Crippen LogP contribution in [0.2, 0.25) is 0 Å². The van der Waals surface area contributed by atoms with Gasteiger partial charge in [-0.2, -0.15) is 0 Å². The highest BCUT2D eigenvalue weighted by molar-refractivity contribution is 6.24. The molecule has 58 heavy (non-hydrogen) atoms. The van der Waals surface area contributed by atoms with Gasteiger partial charge in [0.05, 0.1) is 22.5 Å². The largest absolute Gasteiger partial charge is 0.456 e. The molecule has 276 valence electrons. The Morgan fingerprint density at radius 1 is 0.517 bits per heavy atom. The Morgan fingerprint density at radius 3 is 2.07 bits per heavy atom.